The van der Waals surface area contributed by atoms with Crippen molar-refractivity contribution in [3.63, 3.8) is 0 Å². The molecule has 0 aliphatic carbocycles. The van der Waals surface area contributed by atoms with Crippen LogP contribution >= 0.6 is 0 Å². The second-order valence-corrected chi connectivity index (χ2v) is 6.37. The minimum atomic E-state index is -0.349. The Bertz CT molecular complexity index is 925. The molecule has 0 aliphatic heterocycles. The summed E-state index contributed by atoms with van der Waals surface area (Å²) in [4.78, 5) is 24.4. The Labute approximate surface area is 182 Å². The lowest BCUT2D eigenvalue weighted by atomic mass is 10.1. The fraction of sp³-hybridized carbons (Fsp3) is 0.348. The highest BCUT2D eigenvalue weighted by Gasteiger charge is 2.18. The third kappa shape index (κ3) is 6.93. The SMILES string of the molecule is CCOc1cc(C(=O)Nc2cccc(CNC(=O)CC#N)c2)cc(OCC)c1OCC. The van der Waals surface area contributed by atoms with Gasteiger partial charge in [0.15, 0.2) is 11.5 Å². The zero-order valence-electron chi connectivity index (χ0n) is 18.0. The number of carbonyl (C=O) groups excluding carboxylic acids is 2. The number of nitrogens with one attached hydrogen (secondary N) is 2. The normalized spacial score (nSPS) is 10.0. The van der Waals surface area contributed by atoms with Crippen LogP contribution in [-0.2, 0) is 11.3 Å². The van der Waals surface area contributed by atoms with Gasteiger partial charge in [-0.15, -0.1) is 0 Å². The van der Waals surface area contributed by atoms with Crippen LogP contribution in [0.4, 0.5) is 5.69 Å². The number of benzene rings is 2. The van der Waals surface area contributed by atoms with E-state index in [4.69, 9.17) is 19.5 Å². The minimum absolute atomic E-state index is 0.196. The molecule has 0 radical (unpaired) electrons. The van der Waals surface area contributed by atoms with Gasteiger partial charge in [0.1, 0.15) is 6.42 Å². The third-order valence-corrected chi connectivity index (χ3v) is 4.09. The number of hydrogen-bond acceptors (Lipinski definition) is 6. The van der Waals surface area contributed by atoms with Crippen LogP contribution in [0.2, 0.25) is 0 Å². The molecule has 0 bridgehead atoms. The van der Waals surface area contributed by atoms with Crippen molar-refractivity contribution in [3.05, 3.63) is 47.5 Å². The maximum Gasteiger partial charge on any atom is 0.255 e. The Morgan fingerprint density at radius 1 is 0.968 bits per heavy atom. The summed E-state index contributed by atoms with van der Waals surface area (Å²) in [5.41, 5.74) is 1.73. The van der Waals surface area contributed by atoms with Crippen LogP contribution < -0.4 is 24.8 Å². The molecule has 2 aromatic rings. The number of hydrogen-bond donors (Lipinski definition) is 2. The average Bonchev–Trinajstić information content (AvgIpc) is 2.75. The topological polar surface area (TPSA) is 110 Å². The predicted molar refractivity (Wildman–Crippen MR) is 116 cm³/mol. The first-order valence-electron chi connectivity index (χ1n) is 10.1. The van der Waals surface area contributed by atoms with Gasteiger partial charge >= 0.3 is 0 Å². The molecule has 2 rings (SSSR count). The second kappa shape index (κ2) is 12.1. The minimum Gasteiger partial charge on any atom is -0.490 e. The van der Waals surface area contributed by atoms with Crippen LogP contribution in [0.5, 0.6) is 17.2 Å². The number of carbonyl (C=O) groups is 2. The van der Waals surface area contributed by atoms with Crippen molar-refractivity contribution in [2.75, 3.05) is 25.1 Å². The van der Waals surface area contributed by atoms with Crippen molar-refractivity contribution >= 4 is 17.5 Å². The van der Waals surface area contributed by atoms with Crippen LogP contribution in [0.25, 0.3) is 0 Å². The summed E-state index contributed by atoms with van der Waals surface area (Å²) in [6.45, 7) is 7.08. The van der Waals surface area contributed by atoms with E-state index in [9.17, 15) is 9.59 Å². The smallest absolute Gasteiger partial charge is 0.255 e. The summed E-state index contributed by atoms with van der Waals surface area (Å²) in [6.07, 6.45) is -0.196. The molecule has 2 N–H and O–H groups in total. The zero-order chi connectivity index (χ0) is 22.6. The molecule has 0 heterocycles. The lowest BCUT2D eigenvalue weighted by Gasteiger charge is -2.17. The molecule has 2 amide bonds. The standard InChI is InChI=1S/C23H27N3O5/c1-4-29-19-13-17(14-20(30-5-2)22(19)31-6-3)23(28)26-18-9-7-8-16(12-18)15-25-21(27)10-11-24/h7-9,12-14H,4-6,10,15H2,1-3H3,(H,25,27)(H,26,28). The first-order chi connectivity index (χ1) is 15.0. The Balaban J connectivity index is 2.22. The molecule has 8 nitrogen and oxygen atoms in total. The zero-order valence-corrected chi connectivity index (χ0v) is 18.0. The van der Waals surface area contributed by atoms with Crippen LogP contribution in [0.15, 0.2) is 36.4 Å². The Morgan fingerprint density at radius 3 is 2.19 bits per heavy atom. The van der Waals surface area contributed by atoms with Gasteiger partial charge in [0.05, 0.1) is 25.9 Å². The first-order valence-corrected chi connectivity index (χ1v) is 10.1. The largest absolute Gasteiger partial charge is 0.490 e. The Hall–Kier alpha value is -3.73. The molecule has 0 atom stereocenters. The van der Waals surface area contributed by atoms with E-state index in [1.165, 1.54) is 0 Å². The third-order valence-electron chi connectivity index (χ3n) is 4.09. The van der Waals surface area contributed by atoms with E-state index in [0.717, 1.165) is 5.56 Å². The predicted octanol–water partition coefficient (Wildman–Crippen LogP) is 3.66. The summed E-state index contributed by atoms with van der Waals surface area (Å²) in [5, 5.41) is 14.1. The Morgan fingerprint density at radius 2 is 1.61 bits per heavy atom. The van der Waals surface area contributed by atoms with Crippen molar-refractivity contribution in [1.82, 2.24) is 5.32 Å². The van der Waals surface area contributed by atoms with Crippen molar-refractivity contribution in [1.29, 1.82) is 5.26 Å². The molecule has 164 valence electrons. The quantitative estimate of drug-likeness (QED) is 0.569. The van der Waals surface area contributed by atoms with Crippen molar-refractivity contribution < 1.29 is 23.8 Å². The molecule has 0 saturated carbocycles. The van der Waals surface area contributed by atoms with E-state index < -0.39 is 0 Å². The van der Waals surface area contributed by atoms with Crippen LogP contribution in [0.1, 0.15) is 43.1 Å². The lowest BCUT2D eigenvalue weighted by Crippen LogP contribution is -2.22. The van der Waals surface area contributed by atoms with Gasteiger partial charge in [0.2, 0.25) is 11.7 Å². The molecule has 0 spiro atoms. The summed E-state index contributed by atoms with van der Waals surface area (Å²) in [6, 6.07) is 12.1. The van der Waals surface area contributed by atoms with E-state index in [1.807, 2.05) is 26.8 Å². The van der Waals surface area contributed by atoms with Gasteiger partial charge in [0, 0.05) is 17.8 Å². The average molecular weight is 425 g/mol. The molecular weight excluding hydrogens is 398 g/mol. The highest BCUT2D eigenvalue weighted by molar-refractivity contribution is 6.05. The molecule has 0 aliphatic rings. The fourth-order valence-electron chi connectivity index (χ4n) is 2.82. The van der Waals surface area contributed by atoms with Gasteiger partial charge in [-0.3, -0.25) is 9.59 Å². The fourth-order valence-corrected chi connectivity index (χ4v) is 2.82. The van der Waals surface area contributed by atoms with E-state index in [2.05, 4.69) is 10.6 Å². The highest BCUT2D eigenvalue weighted by Crippen LogP contribution is 2.39. The van der Waals surface area contributed by atoms with Gasteiger partial charge in [-0.05, 0) is 50.6 Å². The maximum absolute atomic E-state index is 12.9. The van der Waals surface area contributed by atoms with Gasteiger partial charge < -0.3 is 24.8 Å². The van der Waals surface area contributed by atoms with Gasteiger partial charge in [-0.2, -0.15) is 5.26 Å². The van der Waals surface area contributed by atoms with Crippen LogP contribution in [0, 0.1) is 11.3 Å². The van der Waals surface area contributed by atoms with E-state index in [0.29, 0.717) is 48.3 Å². The summed E-state index contributed by atoms with van der Waals surface area (Å²) >= 11 is 0. The van der Waals surface area contributed by atoms with Gasteiger partial charge in [-0.25, -0.2) is 0 Å². The second-order valence-electron chi connectivity index (χ2n) is 6.37. The van der Waals surface area contributed by atoms with E-state index >= 15 is 0 Å². The van der Waals surface area contributed by atoms with Gasteiger partial charge in [0.25, 0.3) is 5.91 Å². The highest BCUT2D eigenvalue weighted by atomic mass is 16.5. The van der Waals surface area contributed by atoms with Crippen molar-refractivity contribution in [2.45, 2.75) is 33.7 Å². The summed E-state index contributed by atoms with van der Waals surface area (Å²) in [5.74, 6) is 0.663. The van der Waals surface area contributed by atoms with E-state index in [-0.39, 0.29) is 24.8 Å². The molecule has 31 heavy (non-hydrogen) atoms. The van der Waals surface area contributed by atoms with Crippen molar-refractivity contribution in [3.8, 4) is 23.3 Å². The molecule has 0 aromatic heterocycles. The van der Waals surface area contributed by atoms with Gasteiger partial charge in [-0.1, -0.05) is 12.1 Å². The Kier molecular flexibility index (Phi) is 9.17. The number of amides is 2. The number of nitriles is 1. The number of anilines is 1. The lowest BCUT2D eigenvalue weighted by molar-refractivity contribution is -0.120. The summed E-state index contributed by atoms with van der Waals surface area (Å²) < 4.78 is 17.0. The molecule has 0 fully saturated rings. The summed E-state index contributed by atoms with van der Waals surface area (Å²) in [7, 11) is 0. The van der Waals surface area contributed by atoms with Crippen LogP contribution in [0.3, 0.4) is 0 Å². The van der Waals surface area contributed by atoms with E-state index in [1.54, 1.807) is 36.4 Å². The molecule has 8 heteroatoms. The number of rotatable bonds is 11. The number of nitrogens with zero attached hydrogens (tertiary/aromatic N) is 1. The van der Waals surface area contributed by atoms with Crippen LogP contribution in [-0.4, -0.2) is 31.6 Å². The molecule has 2 aromatic carbocycles. The molecular formula is C23H27N3O5. The first kappa shape index (κ1) is 23.5. The molecule has 0 unspecified atom stereocenters. The maximum atomic E-state index is 12.9. The molecule has 0 saturated heterocycles. The monoisotopic (exact) mass is 425 g/mol. The van der Waals surface area contributed by atoms with Crippen molar-refractivity contribution in [2.24, 2.45) is 0 Å². The number of ether oxygens (including phenoxy) is 3.